The van der Waals surface area contributed by atoms with Crippen LogP contribution in [0.5, 0.6) is 5.75 Å². The van der Waals surface area contributed by atoms with Crippen LogP contribution in [0.4, 0.5) is 17.1 Å². The molecule has 0 aliphatic carbocycles. The Morgan fingerprint density at radius 3 is 2.24 bits per heavy atom. The molecule has 68 heavy (non-hydrogen) atoms. The van der Waals surface area contributed by atoms with E-state index >= 15 is 14.4 Å². The lowest BCUT2D eigenvalue weighted by atomic mass is 9.65. The van der Waals surface area contributed by atoms with Crippen molar-refractivity contribution in [1.29, 1.82) is 0 Å². The summed E-state index contributed by atoms with van der Waals surface area (Å²) in [6.45, 7) is 3.66. The maximum atomic E-state index is 15.8. The maximum Gasteiger partial charge on any atom is 0.324 e. The fourth-order valence-corrected chi connectivity index (χ4v) is 10.7. The fraction of sp³-hybridized carbons (Fsp3) is 0.268. The predicted molar refractivity (Wildman–Crippen MR) is 260 cm³/mol. The number of fused-ring (bicyclic) bond motifs is 3. The third-order valence-electron chi connectivity index (χ3n) is 13.5. The zero-order chi connectivity index (χ0) is 46.6. The number of hydrogen-bond donors (Lipinski definition) is 3. The summed E-state index contributed by atoms with van der Waals surface area (Å²) in [6, 6.07) is 47.2. The quantitative estimate of drug-likeness (QED) is 0.0850. The minimum Gasteiger partial charge on any atom is -0.491 e. The van der Waals surface area contributed by atoms with Gasteiger partial charge in [-0.05, 0) is 77.8 Å². The molecule has 10 rings (SSSR count). The van der Waals surface area contributed by atoms with Gasteiger partial charge < -0.3 is 34.9 Å². The molecule has 3 N–H and O–H groups in total. The summed E-state index contributed by atoms with van der Waals surface area (Å²) in [6.07, 6.45) is -0.837. The highest BCUT2D eigenvalue weighted by molar-refractivity contribution is 6.13. The topological polar surface area (TPSA) is 133 Å². The van der Waals surface area contributed by atoms with Crippen molar-refractivity contribution in [2.75, 3.05) is 68.6 Å². The number of para-hydroxylation sites is 1. The summed E-state index contributed by atoms with van der Waals surface area (Å²) in [7, 11) is 2.02. The molecule has 6 atom stereocenters. The van der Waals surface area contributed by atoms with Crippen molar-refractivity contribution >= 4 is 34.8 Å². The number of benzene rings is 6. The Kier molecular flexibility index (Phi) is 12.8. The average molecular weight is 908 g/mol. The number of esters is 1. The molecule has 0 radical (unpaired) electrons. The molecule has 3 saturated heterocycles. The summed E-state index contributed by atoms with van der Waals surface area (Å²) < 4.78 is 18.5. The molecule has 0 saturated carbocycles. The molecule has 3 fully saturated rings. The molecule has 344 valence electrons. The lowest BCUT2D eigenvalue weighted by molar-refractivity contribution is -0.177. The lowest BCUT2D eigenvalue weighted by Gasteiger charge is -2.46. The first-order chi connectivity index (χ1) is 33.3. The van der Waals surface area contributed by atoms with E-state index in [1.165, 1.54) is 5.56 Å². The number of aliphatic hydroxyl groups excluding tert-OH is 1. The molecule has 1 spiro atoms. The third-order valence-corrected chi connectivity index (χ3v) is 13.5. The first kappa shape index (κ1) is 44.6. The molecule has 6 aromatic carbocycles. The van der Waals surface area contributed by atoms with Gasteiger partial charge >= 0.3 is 5.97 Å². The first-order valence-electron chi connectivity index (χ1n) is 23.2. The second-order valence-corrected chi connectivity index (χ2v) is 17.7. The van der Waals surface area contributed by atoms with Gasteiger partial charge in [-0.15, -0.1) is 0 Å². The Morgan fingerprint density at radius 1 is 0.838 bits per heavy atom. The van der Waals surface area contributed by atoms with E-state index in [9.17, 15) is 5.11 Å². The third kappa shape index (κ3) is 8.39. The number of carbonyl (C=O) groups excluding carboxylic acids is 3. The fourth-order valence-electron chi connectivity index (χ4n) is 10.7. The molecule has 0 bridgehead atoms. The highest BCUT2D eigenvalue weighted by Crippen LogP contribution is 2.65. The van der Waals surface area contributed by atoms with Gasteiger partial charge in [-0.25, -0.2) is 0 Å². The zero-order valence-corrected chi connectivity index (χ0v) is 37.8. The van der Waals surface area contributed by atoms with E-state index in [1.807, 2.05) is 151 Å². The molecular weight excluding hydrogens is 855 g/mol. The number of morpholine rings is 2. The number of nitrogens with zero attached hydrogens (tertiary/aromatic N) is 3. The van der Waals surface area contributed by atoms with Crippen molar-refractivity contribution in [2.45, 2.75) is 36.2 Å². The highest BCUT2D eigenvalue weighted by atomic mass is 16.6. The van der Waals surface area contributed by atoms with Crippen LogP contribution in [0, 0.1) is 17.8 Å². The number of ether oxygens (including phenoxy) is 3. The van der Waals surface area contributed by atoms with Crippen LogP contribution in [0.2, 0.25) is 0 Å². The lowest BCUT2D eigenvalue weighted by Crippen LogP contribution is -2.53. The molecule has 12 nitrogen and oxygen atoms in total. The zero-order valence-electron chi connectivity index (χ0n) is 37.8. The first-order valence-corrected chi connectivity index (χ1v) is 23.2. The Balaban J connectivity index is 1.16. The standard InChI is InChI=1S/C56H53N5O7/c1-59(37-39-14-5-2-6-15-39)29-13-16-38-23-28-46-45(36-38)56(55(65)58-46)48(53(63)57-42-24-26-43(27-25-42)60-30-33-66-34-31-60)50-54(64)68-51(41-19-9-4-10-20-41)49(40-17-7-3-8-18-40)61(50)52(56)44-21-11-12-22-47(44)67-35-32-62/h2-12,14-15,17-28,36,48-52,62H,29-35,37H2,1H3,(H,57,63)(H,58,65)/t48-,49-,50-,51+,52+,56-/m0/s1. The van der Waals surface area contributed by atoms with Gasteiger partial charge in [-0.1, -0.05) is 121 Å². The largest absolute Gasteiger partial charge is 0.491 e. The van der Waals surface area contributed by atoms with Crippen LogP contribution in [0.3, 0.4) is 0 Å². The SMILES string of the molecule is CN(CC#Cc1ccc2c(c1)[C@]1(C(=O)N2)[C@H](C(=O)Nc2ccc(N3CCOCC3)cc2)[C@H]2C(=O)O[C@H](c3ccccc3)[C@H](c3ccccc3)N2[C@@H]1c1ccccc1OCCO)Cc1ccccc1. The predicted octanol–water partition coefficient (Wildman–Crippen LogP) is 7.29. The monoisotopic (exact) mass is 907 g/mol. The number of rotatable bonds is 12. The van der Waals surface area contributed by atoms with Crippen LogP contribution >= 0.6 is 0 Å². The van der Waals surface area contributed by atoms with E-state index in [0.717, 1.165) is 29.9 Å². The highest BCUT2D eigenvalue weighted by Gasteiger charge is 2.74. The molecule has 6 aromatic rings. The van der Waals surface area contributed by atoms with Gasteiger partial charge in [0.25, 0.3) is 0 Å². The Labute approximate surface area is 396 Å². The Morgan fingerprint density at radius 2 is 1.51 bits per heavy atom. The van der Waals surface area contributed by atoms with Crippen molar-refractivity contribution in [3.8, 4) is 17.6 Å². The average Bonchev–Trinajstić information content (AvgIpc) is 3.85. The van der Waals surface area contributed by atoms with Crippen LogP contribution in [0.1, 0.15) is 51.6 Å². The minimum atomic E-state index is -1.77. The van der Waals surface area contributed by atoms with Crippen LogP contribution in [-0.2, 0) is 35.8 Å². The summed E-state index contributed by atoms with van der Waals surface area (Å²) in [5, 5.41) is 16.4. The van der Waals surface area contributed by atoms with Gasteiger partial charge in [0.15, 0.2) is 0 Å². The molecule has 2 amide bonds. The van der Waals surface area contributed by atoms with Crippen LogP contribution in [-0.4, -0.2) is 91.8 Å². The Hall–Kier alpha value is -7.27. The van der Waals surface area contributed by atoms with Gasteiger partial charge in [0, 0.05) is 47.8 Å². The Bertz CT molecular complexity index is 2830. The van der Waals surface area contributed by atoms with Crippen molar-refractivity contribution < 1.29 is 33.7 Å². The van der Waals surface area contributed by atoms with E-state index < -0.39 is 53.3 Å². The smallest absolute Gasteiger partial charge is 0.324 e. The summed E-state index contributed by atoms with van der Waals surface area (Å²) in [5.41, 5.74) is 4.74. The number of carbonyl (C=O) groups is 3. The van der Waals surface area contributed by atoms with E-state index in [-0.39, 0.29) is 13.2 Å². The molecular formula is C56H53N5O7. The van der Waals surface area contributed by atoms with Gasteiger partial charge in [0.2, 0.25) is 11.8 Å². The summed E-state index contributed by atoms with van der Waals surface area (Å²) in [5.74, 6) is 4.13. The number of hydrogen-bond acceptors (Lipinski definition) is 10. The molecule has 4 aliphatic rings. The molecule has 4 aliphatic heterocycles. The summed E-state index contributed by atoms with van der Waals surface area (Å²) >= 11 is 0. The van der Waals surface area contributed by atoms with Gasteiger partial charge in [-0.3, -0.25) is 24.2 Å². The molecule has 4 heterocycles. The van der Waals surface area contributed by atoms with Crippen molar-refractivity contribution in [1.82, 2.24) is 9.80 Å². The van der Waals surface area contributed by atoms with Crippen LogP contribution < -0.4 is 20.3 Å². The van der Waals surface area contributed by atoms with Crippen molar-refractivity contribution in [2.24, 2.45) is 5.92 Å². The maximum absolute atomic E-state index is 15.8. The summed E-state index contributed by atoms with van der Waals surface area (Å²) in [4.78, 5) is 53.3. The number of aliphatic hydroxyl groups is 1. The van der Waals surface area contributed by atoms with E-state index in [0.29, 0.717) is 60.1 Å². The van der Waals surface area contributed by atoms with Gasteiger partial charge in [-0.2, -0.15) is 0 Å². The van der Waals surface area contributed by atoms with Crippen molar-refractivity contribution in [3.63, 3.8) is 0 Å². The molecule has 0 unspecified atom stereocenters. The van der Waals surface area contributed by atoms with Gasteiger partial charge in [0.1, 0.15) is 29.9 Å². The van der Waals surface area contributed by atoms with Crippen molar-refractivity contribution in [3.05, 3.63) is 191 Å². The van der Waals surface area contributed by atoms with E-state index in [2.05, 4.69) is 44.4 Å². The minimum absolute atomic E-state index is 0.0252. The van der Waals surface area contributed by atoms with E-state index in [4.69, 9.17) is 14.2 Å². The van der Waals surface area contributed by atoms with Crippen LogP contribution in [0.15, 0.2) is 158 Å². The van der Waals surface area contributed by atoms with Gasteiger partial charge in [0.05, 0.1) is 44.4 Å². The number of nitrogens with one attached hydrogen (secondary N) is 2. The number of cyclic esters (lactones) is 1. The second kappa shape index (κ2) is 19.5. The molecule has 0 aromatic heterocycles. The number of anilines is 3. The number of amides is 2. The normalized spacial score (nSPS) is 23.0. The molecule has 12 heteroatoms. The second-order valence-electron chi connectivity index (χ2n) is 17.7. The van der Waals surface area contributed by atoms with Crippen LogP contribution in [0.25, 0.3) is 0 Å². The van der Waals surface area contributed by atoms with E-state index in [1.54, 1.807) is 6.07 Å².